The quantitative estimate of drug-likeness (QED) is 0.308. The molecule has 0 radical (unpaired) electrons. The number of rotatable bonds is 7. The molecule has 200 valence electrons. The number of nitrogens with zero attached hydrogens (tertiary/aromatic N) is 4. The van der Waals surface area contributed by atoms with E-state index < -0.39 is 6.17 Å². The number of aromatic nitrogens is 4. The highest BCUT2D eigenvalue weighted by molar-refractivity contribution is 7.15. The number of amides is 1. The summed E-state index contributed by atoms with van der Waals surface area (Å²) in [4.78, 5) is 21.0. The molecule has 0 bridgehead atoms. The highest BCUT2D eigenvalue weighted by Gasteiger charge is 2.21. The summed E-state index contributed by atoms with van der Waals surface area (Å²) in [5.41, 5.74) is 2.44. The molecule has 1 aliphatic carbocycles. The van der Waals surface area contributed by atoms with Crippen molar-refractivity contribution < 1.29 is 13.9 Å². The molecule has 10 heteroatoms. The maximum atomic E-state index is 12.8. The summed E-state index contributed by atoms with van der Waals surface area (Å²) < 4.78 is 18.1. The molecule has 1 unspecified atom stereocenters. The molecule has 1 atom stereocenters. The fourth-order valence-corrected chi connectivity index (χ4v) is 5.10. The molecule has 4 rings (SSSR count). The number of carbonyl (C=O) groups is 1. The van der Waals surface area contributed by atoms with Gasteiger partial charge in [-0.2, -0.15) is 0 Å². The molecule has 3 heterocycles. The van der Waals surface area contributed by atoms with Gasteiger partial charge in [0.1, 0.15) is 22.1 Å². The predicted molar refractivity (Wildman–Crippen MR) is 147 cm³/mol. The monoisotopic (exact) mass is 547 g/mol. The van der Waals surface area contributed by atoms with Crippen LogP contribution in [0.15, 0.2) is 24.5 Å². The van der Waals surface area contributed by atoms with Crippen LogP contribution in [0.1, 0.15) is 73.4 Å². The molecule has 1 N–H and O–H groups in total. The summed E-state index contributed by atoms with van der Waals surface area (Å²) in [5, 5.41) is 12.0. The fraction of sp³-hybridized carbons (Fsp3) is 0.519. The number of hydrogen-bond acceptors (Lipinski definition) is 7. The van der Waals surface area contributed by atoms with Gasteiger partial charge in [0.2, 0.25) is 5.13 Å². The first kappa shape index (κ1) is 28.9. The van der Waals surface area contributed by atoms with Gasteiger partial charge < -0.3 is 4.74 Å². The van der Waals surface area contributed by atoms with Crippen LogP contribution in [-0.4, -0.2) is 39.4 Å². The van der Waals surface area contributed by atoms with Crippen molar-refractivity contribution in [1.82, 2.24) is 20.2 Å². The van der Waals surface area contributed by atoms with Crippen LogP contribution < -0.4 is 10.1 Å². The molecule has 1 saturated carbocycles. The van der Waals surface area contributed by atoms with Gasteiger partial charge in [0.15, 0.2) is 0 Å². The van der Waals surface area contributed by atoms with E-state index in [9.17, 15) is 9.18 Å². The fourth-order valence-electron chi connectivity index (χ4n) is 4.36. The van der Waals surface area contributed by atoms with Crippen molar-refractivity contribution in [3.8, 4) is 16.9 Å². The maximum absolute atomic E-state index is 12.8. The zero-order valence-electron chi connectivity index (χ0n) is 22.1. The first-order chi connectivity index (χ1) is 17.7. The van der Waals surface area contributed by atoms with E-state index in [-0.39, 0.29) is 5.91 Å². The van der Waals surface area contributed by atoms with Crippen LogP contribution in [0.5, 0.6) is 5.75 Å². The minimum Gasteiger partial charge on any atom is -0.494 e. The van der Waals surface area contributed by atoms with E-state index in [2.05, 4.69) is 39.3 Å². The lowest BCUT2D eigenvalue weighted by molar-refractivity contribution is 0.102. The molecule has 0 aromatic carbocycles. The molecule has 1 aliphatic rings. The van der Waals surface area contributed by atoms with Gasteiger partial charge in [0.05, 0.1) is 18.9 Å². The highest BCUT2D eigenvalue weighted by atomic mass is 35.5. The lowest BCUT2D eigenvalue weighted by Gasteiger charge is -2.26. The molecular formula is C27H35ClFN5O2S. The number of nitrogens with one attached hydrogen (secondary N) is 1. The number of pyridine rings is 2. The SMILES string of the molecule is CCC(C)CC1CCC(F)CC1.COc1cnc(Cl)cc1-c1cc(C)ncc1C(=O)Nc1nnc(C)s1. The van der Waals surface area contributed by atoms with E-state index in [1.165, 1.54) is 43.7 Å². The van der Waals surface area contributed by atoms with Crippen LogP contribution in [-0.2, 0) is 0 Å². The van der Waals surface area contributed by atoms with E-state index in [1.807, 2.05) is 13.8 Å². The molecular weight excluding hydrogens is 513 g/mol. The number of ether oxygens (including phenoxy) is 1. The molecule has 37 heavy (non-hydrogen) atoms. The third-order valence-electron chi connectivity index (χ3n) is 6.58. The summed E-state index contributed by atoms with van der Waals surface area (Å²) >= 11 is 7.32. The number of anilines is 1. The van der Waals surface area contributed by atoms with Gasteiger partial charge >= 0.3 is 0 Å². The molecule has 0 aliphatic heterocycles. The van der Waals surface area contributed by atoms with Crippen LogP contribution >= 0.6 is 22.9 Å². The third-order valence-corrected chi connectivity index (χ3v) is 7.55. The Kier molecular flexibility index (Phi) is 10.8. The van der Waals surface area contributed by atoms with E-state index in [1.54, 1.807) is 12.1 Å². The lowest BCUT2D eigenvalue weighted by atomic mass is 9.82. The van der Waals surface area contributed by atoms with Gasteiger partial charge in [-0.25, -0.2) is 9.37 Å². The van der Waals surface area contributed by atoms with Gasteiger partial charge in [-0.1, -0.05) is 43.2 Å². The Balaban J connectivity index is 0.000000266. The van der Waals surface area contributed by atoms with Crippen molar-refractivity contribution in [2.75, 3.05) is 12.4 Å². The summed E-state index contributed by atoms with van der Waals surface area (Å²) in [7, 11) is 1.53. The predicted octanol–water partition coefficient (Wildman–Crippen LogP) is 7.48. The Morgan fingerprint density at radius 1 is 1.16 bits per heavy atom. The van der Waals surface area contributed by atoms with E-state index in [4.69, 9.17) is 16.3 Å². The molecule has 3 aromatic heterocycles. The van der Waals surface area contributed by atoms with E-state index >= 15 is 0 Å². The zero-order chi connectivity index (χ0) is 26.9. The number of aryl methyl sites for hydroxylation is 2. The second-order valence-electron chi connectivity index (χ2n) is 9.53. The van der Waals surface area contributed by atoms with Gasteiger partial charge in [0.25, 0.3) is 5.91 Å². The standard InChI is InChI=1S/C16H14ClN5O2S.C11H21F/c1-8-4-10(11-5-14(17)19-7-13(11)24-3)12(6-18-8)15(23)20-16-22-21-9(2)25-16;1-3-9(2)8-10-4-6-11(12)7-5-10/h4-7H,1-3H3,(H,20,22,23);9-11H,3-8H2,1-2H3. The molecule has 7 nitrogen and oxygen atoms in total. The Morgan fingerprint density at radius 2 is 1.89 bits per heavy atom. The van der Waals surface area contributed by atoms with Crippen molar-refractivity contribution >= 4 is 34.0 Å². The Morgan fingerprint density at radius 3 is 2.51 bits per heavy atom. The number of hydrogen-bond donors (Lipinski definition) is 1. The summed E-state index contributed by atoms with van der Waals surface area (Å²) in [6.45, 7) is 8.21. The van der Waals surface area contributed by atoms with Crippen LogP contribution in [0, 0.1) is 25.7 Å². The summed E-state index contributed by atoms with van der Waals surface area (Å²) in [6, 6.07) is 3.45. The average molecular weight is 548 g/mol. The van der Waals surface area contributed by atoms with Gasteiger partial charge in [-0.3, -0.25) is 15.1 Å². The molecule has 0 saturated heterocycles. The second kappa shape index (κ2) is 13.8. The summed E-state index contributed by atoms with van der Waals surface area (Å²) in [6.07, 6.45) is 9.04. The molecule has 1 fully saturated rings. The Hall–Kier alpha value is -2.65. The first-order valence-electron chi connectivity index (χ1n) is 12.6. The molecule has 0 spiro atoms. The highest BCUT2D eigenvalue weighted by Crippen LogP contribution is 2.34. The van der Waals surface area contributed by atoms with Gasteiger partial charge in [-0.05, 0) is 69.9 Å². The normalized spacial score (nSPS) is 17.9. The van der Waals surface area contributed by atoms with Crippen LogP contribution in [0.25, 0.3) is 11.1 Å². The molecule has 1 amide bonds. The smallest absolute Gasteiger partial charge is 0.259 e. The second-order valence-corrected chi connectivity index (χ2v) is 11.1. The van der Waals surface area contributed by atoms with Crippen molar-refractivity contribution in [3.05, 3.63) is 45.9 Å². The van der Waals surface area contributed by atoms with Gasteiger partial charge in [0, 0.05) is 23.0 Å². The topological polar surface area (TPSA) is 89.9 Å². The van der Waals surface area contributed by atoms with Gasteiger partial charge in [-0.15, -0.1) is 10.2 Å². The first-order valence-corrected chi connectivity index (χ1v) is 13.8. The van der Waals surface area contributed by atoms with Crippen molar-refractivity contribution in [1.29, 1.82) is 0 Å². The molecule has 3 aromatic rings. The maximum Gasteiger partial charge on any atom is 0.259 e. The van der Waals surface area contributed by atoms with Crippen LogP contribution in [0.3, 0.4) is 0 Å². The van der Waals surface area contributed by atoms with Crippen molar-refractivity contribution in [3.63, 3.8) is 0 Å². The number of alkyl halides is 1. The average Bonchev–Trinajstić information content (AvgIpc) is 3.29. The number of carbonyl (C=O) groups excluding carboxylic acids is 1. The van der Waals surface area contributed by atoms with Crippen molar-refractivity contribution in [2.24, 2.45) is 11.8 Å². The minimum atomic E-state index is -0.488. The number of methoxy groups -OCH3 is 1. The number of halogens is 2. The Labute approximate surface area is 227 Å². The minimum absolute atomic E-state index is 0.302. The largest absolute Gasteiger partial charge is 0.494 e. The van der Waals surface area contributed by atoms with Crippen LogP contribution in [0.2, 0.25) is 5.15 Å². The van der Waals surface area contributed by atoms with Crippen LogP contribution in [0.4, 0.5) is 9.52 Å². The van der Waals surface area contributed by atoms with Crippen molar-refractivity contribution in [2.45, 2.75) is 72.4 Å². The van der Waals surface area contributed by atoms with E-state index in [0.29, 0.717) is 32.7 Å². The zero-order valence-corrected chi connectivity index (χ0v) is 23.6. The third kappa shape index (κ3) is 8.43. The summed E-state index contributed by atoms with van der Waals surface area (Å²) in [5.74, 6) is 1.84. The Bertz CT molecular complexity index is 1180. The van der Waals surface area contributed by atoms with E-state index in [0.717, 1.165) is 48.2 Å². The lowest BCUT2D eigenvalue weighted by Crippen LogP contribution is -2.16.